The van der Waals surface area contributed by atoms with Crippen molar-refractivity contribution >= 4 is 15.7 Å². The number of nitrogens with one attached hydrogen (secondary N) is 1. The monoisotopic (exact) mass is 290 g/mol. The molecule has 1 heterocycles. The van der Waals surface area contributed by atoms with Gasteiger partial charge in [0.1, 0.15) is 10.7 Å². The molecule has 0 amide bonds. The van der Waals surface area contributed by atoms with Crippen molar-refractivity contribution in [3.63, 3.8) is 0 Å². The molecule has 1 unspecified atom stereocenters. The van der Waals surface area contributed by atoms with E-state index in [9.17, 15) is 8.42 Å². The quantitative estimate of drug-likeness (QED) is 0.940. The van der Waals surface area contributed by atoms with Crippen molar-refractivity contribution in [1.29, 1.82) is 0 Å². The van der Waals surface area contributed by atoms with Crippen LogP contribution in [0, 0.1) is 6.92 Å². The van der Waals surface area contributed by atoms with Crippen LogP contribution in [0.5, 0.6) is 0 Å². The molecule has 1 atom stereocenters. The summed E-state index contributed by atoms with van der Waals surface area (Å²) in [6, 6.07) is 11.3. The van der Waals surface area contributed by atoms with Crippen LogP contribution in [0.15, 0.2) is 47.5 Å². The lowest BCUT2D eigenvalue weighted by molar-refractivity contribution is 0.601. The average Bonchev–Trinajstić information content (AvgIpc) is 2.38. The summed E-state index contributed by atoms with van der Waals surface area (Å²) < 4.78 is 23.5. The average molecular weight is 290 g/mol. The van der Waals surface area contributed by atoms with Gasteiger partial charge >= 0.3 is 0 Å². The molecule has 0 aliphatic rings. The molecule has 0 saturated carbocycles. The molecule has 106 valence electrons. The maximum atomic E-state index is 11.7. The molecule has 0 bridgehead atoms. The first-order valence-electron chi connectivity index (χ1n) is 6.36. The number of rotatable bonds is 4. The van der Waals surface area contributed by atoms with E-state index >= 15 is 0 Å². The molecule has 0 radical (unpaired) electrons. The van der Waals surface area contributed by atoms with Crippen molar-refractivity contribution in [2.45, 2.75) is 24.8 Å². The third-order valence-corrected chi connectivity index (χ3v) is 4.23. The number of nitrogens with zero attached hydrogens (tertiary/aromatic N) is 1. The number of aryl methyl sites for hydroxylation is 1. The van der Waals surface area contributed by atoms with E-state index in [0.717, 1.165) is 5.56 Å². The second-order valence-corrected chi connectivity index (χ2v) is 6.88. The number of hydrogen-bond donors (Lipinski definition) is 1. The first kappa shape index (κ1) is 14.5. The predicted octanol–water partition coefficient (Wildman–Crippen LogP) is 2.97. The molecular formula is C15H18N2O2S. The number of pyridine rings is 1. The molecule has 0 spiro atoms. The van der Waals surface area contributed by atoms with Crippen molar-refractivity contribution in [3.8, 4) is 0 Å². The molecule has 2 aromatic rings. The molecule has 20 heavy (non-hydrogen) atoms. The van der Waals surface area contributed by atoms with Crippen LogP contribution in [-0.2, 0) is 9.84 Å². The lowest BCUT2D eigenvalue weighted by atomic mass is 10.1. The van der Waals surface area contributed by atoms with Gasteiger partial charge in [-0.25, -0.2) is 13.4 Å². The molecule has 1 aromatic carbocycles. The number of sulfone groups is 1. The van der Waals surface area contributed by atoms with E-state index in [0.29, 0.717) is 5.82 Å². The van der Waals surface area contributed by atoms with Gasteiger partial charge < -0.3 is 5.32 Å². The van der Waals surface area contributed by atoms with E-state index < -0.39 is 9.84 Å². The SMILES string of the molecule is Cc1ccc(C(C)Nc2ncccc2S(C)(=O)=O)cc1. The first-order chi connectivity index (χ1) is 9.38. The molecule has 2 rings (SSSR count). The van der Waals surface area contributed by atoms with Crippen molar-refractivity contribution in [3.05, 3.63) is 53.7 Å². The summed E-state index contributed by atoms with van der Waals surface area (Å²) >= 11 is 0. The van der Waals surface area contributed by atoms with Crippen LogP contribution in [0.2, 0.25) is 0 Å². The van der Waals surface area contributed by atoms with Crippen LogP contribution in [0.25, 0.3) is 0 Å². The van der Waals surface area contributed by atoms with Crippen LogP contribution in [0.1, 0.15) is 24.1 Å². The zero-order valence-electron chi connectivity index (χ0n) is 11.8. The van der Waals surface area contributed by atoms with Crippen LogP contribution in [0.3, 0.4) is 0 Å². The van der Waals surface area contributed by atoms with Gasteiger partial charge in [0.05, 0.1) is 0 Å². The van der Waals surface area contributed by atoms with Gasteiger partial charge in [-0.05, 0) is 31.5 Å². The maximum Gasteiger partial charge on any atom is 0.179 e. The van der Waals surface area contributed by atoms with Crippen LogP contribution < -0.4 is 5.32 Å². The Morgan fingerprint density at radius 3 is 2.40 bits per heavy atom. The Hall–Kier alpha value is -1.88. The number of benzene rings is 1. The summed E-state index contributed by atoms with van der Waals surface area (Å²) in [6.07, 6.45) is 2.77. The summed E-state index contributed by atoms with van der Waals surface area (Å²) in [7, 11) is -3.29. The van der Waals surface area contributed by atoms with Crippen molar-refractivity contribution in [2.75, 3.05) is 11.6 Å². The number of aromatic nitrogens is 1. The van der Waals surface area contributed by atoms with Crippen LogP contribution >= 0.6 is 0 Å². The lowest BCUT2D eigenvalue weighted by Gasteiger charge is -2.17. The lowest BCUT2D eigenvalue weighted by Crippen LogP contribution is -2.11. The minimum Gasteiger partial charge on any atom is -0.362 e. The number of hydrogen-bond acceptors (Lipinski definition) is 4. The third kappa shape index (κ3) is 3.36. The summed E-state index contributed by atoms with van der Waals surface area (Å²) in [5.74, 6) is 0.392. The minimum absolute atomic E-state index is 0.0222. The van der Waals surface area contributed by atoms with E-state index in [1.54, 1.807) is 18.3 Å². The van der Waals surface area contributed by atoms with Crippen LogP contribution in [0.4, 0.5) is 5.82 Å². The van der Waals surface area contributed by atoms with Gasteiger partial charge in [-0.15, -0.1) is 0 Å². The Bertz CT molecular complexity index is 694. The fraction of sp³-hybridized carbons (Fsp3) is 0.267. The Balaban J connectivity index is 2.28. The van der Waals surface area contributed by atoms with E-state index in [4.69, 9.17) is 0 Å². The molecule has 1 N–H and O–H groups in total. The molecule has 1 aromatic heterocycles. The van der Waals surface area contributed by atoms with Crippen molar-refractivity contribution in [2.24, 2.45) is 0 Å². The smallest absolute Gasteiger partial charge is 0.179 e. The summed E-state index contributed by atoms with van der Waals surface area (Å²) in [4.78, 5) is 4.36. The van der Waals surface area contributed by atoms with E-state index in [-0.39, 0.29) is 10.9 Å². The molecule has 0 aliphatic heterocycles. The third-order valence-electron chi connectivity index (χ3n) is 3.10. The first-order valence-corrected chi connectivity index (χ1v) is 8.25. The topological polar surface area (TPSA) is 59.1 Å². The maximum absolute atomic E-state index is 11.7. The highest BCUT2D eigenvalue weighted by Crippen LogP contribution is 2.23. The van der Waals surface area contributed by atoms with E-state index in [2.05, 4.69) is 10.3 Å². The molecule has 0 fully saturated rings. The van der Waals surface area contributed by atoms with Gasteiger partial charge in [0.2, 0.25) is 0 Å². The van der Waals surface area contributed by atoms with Gasteiger partial charge in [-0.1, -0.05) is 29.8 Å². The fourth-order valence-corrected chi connectivity index (χ4v) is 2.73. The highest BCUT2D eigenvalue weighted by molar-refractivity contribution is 7.90. The minimum atomic E-state index is -3.29. The Kier molecular flexibility index (Phi) is 4.09. The molecule has 0 saturated heterocycles. The fourth-order valence-electron chi connectivity index (χ4n) is 1.94. The van der Waals surface area contributed by atoms with Gasteiger partial charge in [-0.2, -0.15) is 0 Å². The molecular weight excluding hydrogens is 272 g/mol. The van der Waals surface area contributed by atoms with E-state index in [1.807, 2.05) is 38.1 Å². The zero-order valence-corrected chi connectivity index (χ0v) is 12.6. The van der Waals surface area contributed by atoms with Crippen molar-refractivity contribution < 1.29 is 8.42 Å². The van der Waals surface area contributed by atoms with Gasteiger partial charge in [0, 0.05) is 18.5 Å². The number of anilines is 1. The molecule has 4 nitrogen and oxygen atoms in total. The summed E-state index contributed by atoms with van der Waals surface area (Å²) in [5, 5.41) is 3.16. The highest BCUT2D eigenvalue weighted by atomic mass is 32.2. The van der Waals surface area contributed by atoms with Gasteiger partial charge in [0.25, 0.3) is 0 Å². The Morgan fingerprint density at radius 1 is 1.15 bits per heavy atom. The summed E-state index contributed by atoms with van der Waals surface area (Å²) in [6.45, 7) is 4.01. The van der Waals surface area contributed by atoms with Gasteiger partial charge in [0.15, 0.2) is 9.84 Å². The normalized spacial score (nSPS) is 12.9. The standard InChI is InChI=1S/C15H18N2O2S/c1-11-6-8-13(9-7-11)12(2)17-15-14(20(3,18)19)5-4-10-16-15/h4-10,12H,1-3H3,(H,16,17). The van der Waals surface area contributed by atoms with Gasteiger partial charge in [-0.3, -0.25) is 0 Å². The molecule has 0 aliphatic carbocycles. The highest BCUT2D eigenvalue weighted by Gasteiger charge is 2.16. The largest absolute Gasteiger partial charge is 0.362 e. The zero-order chi connectivity index (χ0) is 14.8. The van der Waals surface area contributed by atoms with Crippen molar-refractivity contribution in [1.82, 2.24) is 4.98 Å². The summed E-state index contributed by atoms with van der Waals surface area (Å²) in [5.41, 5.74) is 2.27. The molecule has 5 heteroatoms. The second kappa shape index (κ2) is 5.63. The predicted molar refractivity (Wildman–Crippen MR) is 80.6 cm³/mol. The van der Waals surface area contributed by atoms with E-state index in [1.165, 1.54) is 11.8 Å². The Labute approximate surface area is 119 Å². The van der Waals surface area contributed by atoms with Crippen LogP contribution in [-0.4, -0.2) is 19.7 Å². The second-order valence-electron chi connectivity index (χ2n) is 4.90. The Morgan fingerprint density at radius 2 is 1.80 bits per heavy atom.